The summed E-state index contributed by atoms with van der Waals surface area (Å²) in [5, 5.41) is 0. The van der Waals surface area contributed by atoms with E-state index in [9.17, 15) is 4.79 Å². The molecule has 0 bridgehead atoms. The summed E-state index contributed by atoms with van der Waals surface area (Å²) in [4.78, 5) is 17.5. The minimum Gasteiger partial charge on any atom is -0.320 e. The predicted octanol–water partition coefficient (Wildman–Crippen LogP) is 0.536. The Morgan fingerprint density at radius 1 is 1.50 bits per heavy atom. The monoisotopic (exact) mass is 191 g/mol. The first-order valence-electron chi connectivity index (χ1n) is 4.77. The third kappa shape index (κ3) is 1.61. The number of hydrogen-bond donors (Lipinski definition) is 1. The number of carbonyl (C=O) groups excluding carboxylic acids is 1. The molecule has 1 aliphatic heterocycles. The summed E-state index contributed by atoms with van der Waals surface area (Å²) >= 11 is 0. The smallest absolute Gasteiger partial charge is 0.245 e. The second-order valence-electron chi connectivity index (χ2n) is 3.43. The van der Waals surface area contributed by atoms with Gasteiger partial charge in [0.05, 0.1) is 6.04 Å². The highest BCUT2D eigenvalue weighted by Gasteiger charge is 2.26. The molecule has 2 heterocycles. The summed E-state index contributed by atoms with van der Waals surface area (Å²) in [6.07, 6.45) is 3.41. The molecule has 1 fully saturated rings. The SMILES string of the molecule is NC1CCCN(c2ccccn2)C1=O. The topological polar surface area (TPSA) is 59.2 Å². The van der Waals surface area contributed by atoms with Crippen molar-refractivity contribution in [1.29, 1.82) is 0 Å². The number of amides is 1. The number of nitrogens with zero attached hydrogens (tertiary/aromatic N) is 2. The molecule has 0 saturated carbocycles. The van der Waals surface area contributed by atoms with Gasteiger partial charge in [0.15, 0.2) is 0 Å². The van der Waals surface area contributed by atoms with Gasteiger partial charge in [-0.05, 0) is 25.0 Å². The molecular formula is C10H13N3O. The molecule has 1 aromatic heterocycles. The number of nitrogens with two attached hydrogens (primary N) is 1. The molecular weight excluding hydrogens is 178 g/mol. The molecule has 74 valence electrons. The van der Waals surface area contributed by atoms with Crippen LogP contribution < -0.4 is 10.6 Å². The molecule has 4 heteroatoms. The largest absolute Gasteiger partial charge is 0.320 e. The van der Waals surface area contributed by atoms with Gasteiger partial charge in [-0.15, -0.1) is 0 Å². The molecule has 2 rings (SSSR count). The molecule has 0 aromatic carbocycles. The van der Waals surface area contributed by atoms with E-state index >= 15 is 0 Å². The van der Waals surface area contributed by atoms with Crippen molar-refractivity contribution in [1.82, 2.24) is 4.98 Å². The summed E-state index contributed by atoms with van der Waals surface area (Å²) < 4.78 is 0. The van der Waals surface area contributed by atoms with Crippen LogP contribution in [-0.4, -0.2) is 23.5 Å². The van der Waals surface area contributed by atoms with Crippen molar-refractivity contribution in [3.05, 3.63) is 24.4 Å². The molecule has 1 aliphatic rings. The summed E-state index contributed by atoms with van der Waals surface area (Å²) in [7, 11) is 0. The Balaban J connectivity index is 2.22. The highest BCUT2D eigenvalue weighted by Crippen LogP contribution is 2.17. The van der Waals surface area contributed by atoms with E-state index in [2.05, 4.69) is 4.98 Å². The normalized spacial score (nSPS) is 22.5. The average Bonchev–Trinajstić information content (AvgIpc) is 2.23. The Bertz CT molecular complexity index is 325. The molecule has 1 saturated heterocycles. The van der Waals surface area contributed by atoms with Crippen molar-refractivity contribution < 1.29 is 4.79 Å². The van der Waals surface area contributed by atoms with Crippen LogP contribution in [0.2, 0.25) is 0 Å². The Kier molecular flexibility index (Phi) is 2.45. The molecule has 0 radical (unpaired) electrons. The van der Waals surface area contributed by atoms with Crippen molar-refractivity contribution in [2.75, 3.05) is 11.4 Å². The van der Waals surface area contributed by atoms with E-state index in [-0.39, 0.29) is 11.9 Å². The number of hydrogen-bond acceptors (Lipinski definition) is 3. The van der Waals surface area contributed by atoms with Gasteiger partial charge in [-0.1, -0.05) is 6.07 Å². The zero-order chi connectivity index (χ0) is 9.97. The molecule has 4 nitrogen and oxygen atoms in total. The highest BCUT2D eigenvalue weighted by molar-refractivity contribution is 5.96. The van der Waals surface area contributed by atoms with Crippen molar-refractivity contribution in [3.63, 3.8) is 0 Å². The van der Waals surface area contributed by atoms with Crippen LogP contribution in [0, 0.1) is 0 Å². The summed E-state index contributed by atoms with van der Waals surface area (Å²) in [5.74, 6) is 0.683. The van der Waals surface area contributed by atoms with Crippen LogP contribution in [0.15, 0.2) is 24.4 Å². The van der Waals surface area contributed by atoms with Crippen LogP contribution in [-0.2, 0) is 4.79 Å². The molecule has 1 aromatic rings. The van der Waals surface area contributed by atoms with Gasteiger partial charge in [-0.2, -0.15) is 0 Å². The minimum absolute atomic E-state index is 0.0186. The Hall–Kier alpha value is -1.42. The van der Waals surface area contributed by atoms with Crippen molar-refractivity contribution in [2.24, 2.45) is 5.73 Å². The molecule has 1 unspecified atom stereocenters. The van der Waals surface area contributed by atoms with E-state index in [1.165, 1.54) is 0 Å². The first kappa shape index (κ1) is 9.15. The fourth-order valence-electron chi connectivity index (χ4n) is 1.64. The number of carbonyl (C=O) groups is 1. The Morgan fingerprint density at radius 2 is 2.36 bits per heavy atom. The van der Waals surface area contributed by atoms with Crippen LogP contribution in [0.1, 0.15) is 12.8 Å². The van der Waals surface area contributed by atoms with Crippen LogP contribution in [0.3, 0.4) is 0 Å². The molecule has 14 heavy (non-hydrogen) atoms. The van der Waals surface area contributed by atoms with E-state index in [0.29, 0.717) is 5.82 Å². The van der Waals surface area contributed by atoms with E-state index in [4.69, 9.17) is 5.73 Å². The molecule has 1 amide bonds. The van der Waals surface area contributed by atoms with Crippen LogP contribution in [0.5, 0.6) is 0 Å². The summed E-state index contributed by atoms with van der Waals surface area (Å²) in [6, 6.07) is 5.18. The average molecular weight is 191 g/mol. The quantitative estimate of drug-likeness (QED) is 0.704. The van der Waals surface area contributed by atoms with Gasteiger partial charge in [0, 0.05) is 12.7 Å². The second kappa shape index (κ2) is 3.75. The maximum atomic E-state index is 11.7. The lowest BCUT2D eigenvalue weighted by atomic mass is 10.1. The molecule has 1 atom stereocenters. The molecule has 0 aliphatic carbocycles. The Labute approximate surface area is 82.7 Å². The fraction of sp³-hybridized carbons (Fsp3) is 0.400. The van der Waals surface area contributed by atoms with Gasteiger partial charge in [-0.3, -0.25) is 9.69 Å². The van der Waals surface area contributed by atoms with Crippen LogP contribution in [0.4, 0.5) is 5.82 Å². The van der Waals surface area contributed by atoms with Gasteiger partial charge in [0.25, 0.3) is 0 Å². The predicted molar refractivity (Wildman–Crippen MR) is 53.8 cm³/mol. The lowest BCUT2D eigenvalue weighted by Gasteiger charge is -2.29. The standard InChI is InChI=1S/C10H13N3O/c11-8-4-3-7-13(10(8)14)9-5-1-2-6-12-9/h1-2,5-6,8H,3-4,7,11H2. The number of pyridine rings is 1. The summed E-state index contributed by atoms with van der Waals surface area (Å²) in [6.45, 7) is 0.726. The lowest BCUT2D eigenvalue weighted by Crippen LogP contribution is -2.48. The third-order valence-corrected chi connectivity index (χ3v) is 2.41. The number of aromatic nitrogens is 1. The van der Waals surface area contributed by atoms with Gasteiger partial charge in [0.1, 0.15) is 5.82 Å². The fourth-order valence-corrected chi connectivity index (χ4v) is 1.64. The van der Waals surface area contributed by atoms with Crippen LogP contribution in [0.25, 0.3) is 0 Å². The Morgan fingerprint density at radius 3 is 3.07 bits per heavy atom. The highest BCUT2D eigenvalue weighted by atomic mass is 16.2. The third-order valence-electron chi connectivity index (χ3n) is 2.41. The molecule has 2 N–H and O–H groups in total. The first-order chi connectivity index (χ1) is 6.79. The number of piperidine rings is 1. The van der Waals surface area contributed by atoms with Crippen molar-refractivity contribution >= 4 is 11.7 Å². The van der Waals surface area contributed by atoms with E-state index in [0.717, 1.165) is 19.4 Å². The van der Waals surface area contributed by atoms with Gasteiger partial charge < -0.3 is 5.73 Å². The zero-order valence-electron chi connectivity index (χ0n) is 7.89. The number of rotatable bonds is 1. The second-order valence-corrected chi connectivity index (χ2v) is 3.43. The van der Waals surface area contributed by atoms with Crippen molar-refractivity contribution in [2.45, 2.75) is 18.9 Å². The van der Waals surface area contributed by atoms with E-state index in [1.54, 1.807) is 11.1 Å². The zero-order valence-corrected chi connectivity index (χ0v) is 7.89. The van der Waals surface area contributed by atoms with Gasteiger partial charge in [0.2, 0.25) is 5.91 Å². The minimum atomic E-state index is -0.356. The van der Waals surface area contributed by atoms with Gasteiger partial charge >= 0.3 is 0 Å². The maximum absolute atomic E-state index is 11.7. The first-order valence-corrected chi connectivity index (χ1v) is 4.77. The van der Waals surface area contributed by atoms with Gasteiger partial charge in [-0.25, -0.2) is 4.98 Å². The van der Waals surface area contributed by atoms with E-state index < -0.39 is 0 Å². The van der Waals surface area contributed by atoms with Crippen LogP contribution >= 0.6 is 0 Å². The summed E-state index contributed by atoms with van der Waals surface area (Å²) in [5.41, 5.74) is 5.69. The maximum Gasteiger partial charge on any atom is 0.245 e. The lowest BCUT2D eigenvalue weighted by molar-refractivity contribution is -0.120. The molecule has 0 spiro atoms. The van der Waals surface area contributed by atoms with E-state index in [1.807, 2.05) is 18.2 Å². The number of anilines is 1. The van der Waals surface area contributed by atoms with Crippen molar-refractivity contribution in [3.8, 4) is 0 Å².